The molecule has 0 saturated heterocycles. The van der Waals surface area contributed by atoms with Crippen LogP contribution >= 0.6 is 0 Å². The Hall–Kier alpha value is -1.14. The largest absolute Gasteiger partial charge is 0.369 e. The van der Waals surface area contributed by atoms with Gasteiger partial charge in [-0.05, 0) is 20.3 Å². The van der Waals surface area contributed by atoms with E-state index in [1.54, 1.807) is 42.0 Å². The number of carbonyl (C=O) groups excluding carboxylic acids is 2. The summed E-state index contributed by atoms with van der Waals surface area (Å²) < 4.78 is 0. The minimum absolute atomic E-state index is 0.174. The van der Waals surface area contributed by atoms with Gasteiger partial charge in [-0.15, -0.1) is 10.1 Å². The summed E-state index contributed by atoms with van der Waals surface area (Å²) in [7, 11) is 6.52. The fraction of sp³-hybridized carbons (Fsp3) is 0.818. The molecule has 0 bridgehead atoms. The smallest absolute Gasteiger partial charge is 0.330 e. The van der Waals surface area contributed by atoms with E-state index < -0.39 is 5.41 Å². The zero-order chi connectivity index (χ0) is 13.6. The van der Waals surface area contributed by atoms with Crippen LogP contribution in [-0.4, -0.2) is 50.3 Å². The van der Waals surface area contributed by atoms with Gasteiger partial charge in [0.1, 0.15) is 0 Å². The average Bonchev–Trinajstić information content (AvgIpc) is 2.12. The van der Waals surface area contributed by atoms with E-state index in [0.29, 0.717) is 6.42 Å². The topological polar surface area (TPSA) is 59.1 Å². The van der Waals surface area contributed by atoms with Gasteiger partial charge in [0.2, 0.25) is 0 Å². The number of rotatable bonds is 6. The number of carbonyl (C=O) groups is 2. The summed E-state index contributed by atoms with van der Waals surface area (Å²) in [6, 6.07) is 0. The van der Waals surface area contributed by atoms with Crippen molar-refractivity contribution < 1.29 is 19.3 Å². The lowest BCUT2D eigenvalue weighted by Crippen LogP contribution is -2.32. The normalized spacial score (nSPS) is 11.8. The van der Waals surface area contributed by atoms with E-state index in [1.165, 1.54) is 10.1 Å². The molecule has 0 aliphatic rings. The monoisotopic (exact) mass is 246 g/mol. The molecule has 0 aromatic carbocycles. The number of nitrogens with zero attached hydrogens (tertiary/aromatic N) is 2. The minimum Gasteiger partial charge on any atom is -0.369 e. The van der Waals surface area contributed by atoms with E-state index in [2.05, 4.69) is 0 Å². The van der Waals surface area contributed by atoms with Crippen molar-refractivity contribution in [2.45, 2.75) is 26.7 Å². The molecule has 6 nitrogen and oxygen atoms in total. The van der Waals surface area contributed by atoms with E-state index >= 15 is 0 Å². The summed E-state index contributed by atoms with van der Waals surface area (Å²) in [5, 5.41) is 2.66. The molecule has 100 valence electrons. The molecule has 0 amide bonds. The molecule has 0 rings (SSSR count). The molecule has 6 heteroatoms. The molecule has 0 aliphatic heterocycles. The van der Waals surface area contributed by atoms with Crippen molar-refractivity contribution in [3.63, 3.8) is 0 Å². The Morgan fingerprint density at radius 3 is 1.88 bits per heavy atom. The van der Waals surface area contributed by atoms with E-state index in [0.717, 1.165) is 0 Å². The van der Waals surface area contributed by atoms with Gasteiger partial charge in [0, 0.05) is 34.6 Å². The molecule has 0 radical (unpaired) electrons. The van der Waals surface area contributed by atoms with Crippen LogP contribution in [0.15, 0.2) is 0 Å². The lowest BCUT2D eigenvalue weighted by molar-refractivity contribution is -0.191. The second kappa shape index (κ2) is 6.56. The lowest BCUT2D eigenvalue weighted by atomic mass is 9.88. The van der Waals surface area contributed by atoms with Crippen LogP contribution < -0.4 is 0 Å². The molecule has 0 aliphatic carbocycles. The predicted octanol–water partition coefficient (Wildman–Crippen LogP) is 0.832. The highest BCUT2D eigenvalue weighted by Gasteiger charge is 2.31. The molecule has 0 spiro atoms. The second-order valence-corrected chi connectivity index (χ2v) is 4.85. The summed E-state index contributed by atoms with van der Waals surface area (Å²) in [5.41, 5.74) is -0.713. The molecule has 17 heavy (non-hydrogen) atoms. The first-order chi connectivity index (χ1) is 7.65. The third kappa shape index (κ3) is 6.91. The van der Waals surface area contributed by atoms with Gasteiger partial charge in [0.05, 0.1) is 5.41 Å². The summed E-state index contributed by atoms with van der Waals surface area (Å²) in [5.74, 6) is -0.721. The van der Waals surface area contributed by atoms with E-state index in [4.69, 9.17) is 9.68 Å². The molecule has 0 unspecified atom stereocenters. The standard InChI is InChI=1S/C11H22N2O4/c1-11(2,10(15)17-13(5)6)8-7-9(14)16-12(3)4/h7-8H2,1-6H3. The first-order valence-electron chi connectivity index (χ1n) is 5.43. The fourth-order valence-corrected chi connectivity index (χ4v) is 1.06. The summed E-state index contributed by atoms with van der Waals surface area (Å²) in [6.07, 6.45) is 0.556. The highest BCUT2D eigenvalue weighted by Crippen LogP contribution is 2.24. The highest BCUT2D eigenvalue weighted by molar-refractivity contribution is 5.77. The van der Waals surface area contributed by atoms with Crippen LogP contribution in [-0.2, 0) is 19.3 Å². The van der Waals surface area contributed by atoms with Gasteiger partial charge in [-0.25, -0.2) is 4.79 Å². The first-order valence-corrected chi connectivity index (χ1v) is 5.43. The van der Waals surface area contributed by atoms with Crippen LogP contribution in [0, 0.1) is 5.41 Å². The quantitative estimate of drug-likeness (QED) is 0.647. The second-order valence-electron chi connectivity index (χ2n) is 4.85. The lowest BCUT2D eigenvalue weighted by Gasteiger charge is -2.23. The summed E-state index contributed by atoms with van der Waals surface area (Å²) >= 11 is 0. The average molecular weight is 246 g/mol. The SMILES string of the molecule is CN(C)OC(=O)CCC(C)(C)C(=O)ON(C)C. The number of hydroxylamine groups is 4. The van der Waals surface area contributed by atoms with Crippen molar-refractivity contribution >= 4 is 11.9 Å². The zero-order valence-corrected chi connectivity index (χ0v) is 11.4. The number of hydrogen-bond acceptors (Lipinski definition) is 6. The van der Waals surface area contributed by atoms with Gasteiger partial charge >= 0.3 is 11.9 Å². The Morgan fingerprint density at radius 2 is 1.47 bits per heavy atom. The van der Waals surface area contributed by atoms with E-state index in [1.807, 2.05) is 0 Å². The fourth-order valence-electron chi connectivity index (χ4n) is 1.06. The van der Waals surface area contributed by atoms with Gasteiger partial charge in [-0.2, -0.15) is 0 Å². The maximum Gasteiger partial charge on any atom is 0.330 e. The third-order valence-electron chi connectivity index (χ3n) is 2.06. The maximum atomic E-state index is 11.7. The molecule has 0 fully saturated rings. The van der Waals surface area contributed by atoms with Gasteiger partial charge in [-0.3, -0.25) is 4.79 Å². The van der Waals surface area contributed by atoms with Crippen LogP contribution in [0.2, 0.25) is 0 Å². The van der Waals surface area contributed by atoms with Crippen molar-refractivity contribution in [3.8, 4) is 0 Å². The molecule has 0 heterocycles. The van der Waals surface area contributed by atoms with Crippen molar-refractivity contribution in [1.29, 1.82) is 0 Å². The Morgan fingerprint density at radius 1 is 1.00 bits per heavy atom. The van der Waals surface area contributed by atoms with E-state index in [9.17, 15) is 9.59 Å². The minimum atomic E-state index is -0.713. The van der Waals surface area contributed by atoms with Crippen LogP contribution in [0.25, 0.3) is 0 Å². The molecule has 0 atom stereocenters. The van der Waals surface area contributed by atoms with Crippen LogP contribution in [0.4, 0.5) is 0 Å². The van der Waals surface area contributed by atoms with Crippen molar-refractivity contribution in [2.75, 3.05) is 28.2 Å². The van der Waals surface area contributed by atoms with Gasteiger partial charge in [0.25, 0.3) is 0 Å². The Labute approximate surface area is 102 Å². The van der Waals surface area contributed by atoms with Crippen molar-refractivity contribution in [3.05, 3.63) is 0 Å². The Bertz CT molecular complexity index is 275. The van der Waals surface area contributed by atoms with Gasteiger partial charge in [0.15, 0.2) is 0 Å². The number of hydrogen-bond donors (Lipinski definition) is 0. The molecule has 0 saturated carbocycles. The molecular weight excluding hydrogens is 224 g/mol. The zero-order valence-electron chi connectivity index (χ0n) is 11.4. The molecule has 0 N–H and O–H groups in total. The van der Waals surface area contributed by atoms with Crippen LogP contribution in [0.5, 0.6) is 0 Å². The molecule has 0 aromatic rings. The predicted molar refractivity (Wildman–Crippen MR) is 62.6 cm³/mol. The molecular formula is C11H22N2O4. The first kappa shape index (κ1) is 15.9. The van der Waals surface area contributed by atoms with E-state index in [-0.39, 0.29) is 18.4 Å². The van der Waals surface area contributed by atoms with Gasteiger partial charge < -0.3 is 9.68 Å². The van der Waals surface area contributed by atoms with Crippen LogP contribution in [0.1, 0.15) is 26.7 Å². The Balaban J connectivity index is 4.17. The maximum absolute atomic E-state index is 11.7. The third-order valence-corrected chi connectivity index (χ3v) is 2.06. The van der Waals surface area contributed by atoms with Gasteiger partial charge in [-0.1, -0.05) is 0 Å². The Kier molecular flexibility index (Phi) is 6.12. The van der Waals surface area contributed by atoms with Crippen molar-refractivity contribution in [1.82, 2.24) is 10.1 Å². The van der Waals surface area contributed by atoms with Crippen molar-refractivity contribution in [2.24, 2.45) is 5.41 Å². The summed E-state index contributed by atoms with van der Waals surface area (Å²) in [6.45, 7) is 3.48. The summed E-state index contributed by atoms with van der Waals surface area (Å²) in [4.78, 5) is 32.8. The molecule has 0 aromatic heterocycles. The highest BCUT2D eigenvalue weighted by atomic mass is 16.7. The van der Waals surface area contributed by atoms with Crippen LogP contribution in [0.3, 0.4) is 0 Å².